The summed E-state index contributed by atoms with van der Waals surface area (Å²) in [5.74, 6) is 0. The Bertz CT molecular complexity index is 602. The number of rotatable bonds is 4. The van der Waals surface area contributed by atoms with Crippen molar-refractivity contribution in [3.05, 3.63) is 56.0 Å². The minimum atomic E-state index is 0.512. The van der Waals surface area contributed by atoms with Gasteiger partial charge in [0.25, 0.3) is 0 Å². The monoisotopic (exact) mass is 347 g/mol. The van der Waals surface area contributed by atoms with Crippen molar-refractivity contribution >= 4 is 46.4 Å². The van der Waals surface area contributed by atoms with Gasteiger partial charge in [0.2, 0.25) is 0 Å². The van der Waals surface area contributed by atoms with E-state index in [1.54, 1.807) is 12.1 Å². The summed E-state index contributed by atoms with van der Waals surface area (Å²) >= 11 is 24.7. The molecular weight excluding hydrogens is 336 g/mol. The number of nitrogens with one attached hydrogen (secondary N) is 1. The molecule has 2 aromatic rings. The van der Waals surface area contributed by atoms with E-state index in [4.69, 9.17) is 46.4 Å². The van der Waals surface area contributed by atoms with Crippen LogP contribution >= 0.6 is 46.4 Å². The Morgan fingerprint density at radius 3 is 2.10 bits per heavy atom. The number of benzene rings is 2. The van der Waals surface area contributed by atoms with Gasteiger partial charge in [-0.25, -0.2) is 0 Å². The average Bonchev–Trinajstić information content (AvgIpc) is 2.36. The summed E-state index contributed by atoms with van der Waals surface area (Å²) in [6.07, 6.45) is 0. The fourth-order valence-corrected chi connectivity index (χ4v) is 3.21. The summed E-state index contributed by atoms with van der Waals surface area (Å²) in [5.41, 5.74) is 2.66. The summed E-state index contributed by atoms with van der Waals surface area (Å²) in [6.45, 7) is 3.68. The summed E-state index contributed by atoms with van der Waals surface area (Å²) < 4.78 is 0. The Labute approximate surface area is 138 Å². The molecule has 106 valence electrons. The van der Waals surface area contributed by atoms with E-state index >= 15 is 0 Å². The third kappa shape index (κ3) is 3.60. The Hall–Kier alpha value is -0.440. The van der Waals surface area contributed by atoms with Crippen molar-refractivity contribution in [2.24, 2.45) is 0 Å². The summed E-state index contributed by atoms with van der Waals surface area (Å²) in [7, 11) is 0. The van der Waals surface area contributed by atoms with Gasteiger partial charge in [-0.05, 0) is 35.9 Å². The van der Waals surface area contributed by atoms with Gasteiger partial charge in [-0.2, -0.15) is 0 Å². The van der Waals surface area contributed by atoms with Gasteiger partial charge in [-0.3, -0.25) is 0 Å². The van der Waals surface area contributed by atoms with Gasteiger partial charge in [0.05, 0.1) is 10.0 Å². The second-order valence-electron chi connectivity index (χ2n) is 4.33. The SMILES string of the molecule is CCNCc1ccc(-c2c(Cl)cc(Cl)cc2Cl)cc1Cl. The number of hydrogen-bond acceptors (Lipinski definition) is 1. The molecule has 0 aromatic heterocycles. The van der Waals surface area contributed by atoms with Crippen LogP contribution in [0.25, 0.3) is 11.1 Å². The zero-order valence-electron chi connectivity index (χ0n) is 10.8. The molecule has 2 rings (SSSR count). The number of hydrogen-bond donors (Lipinski definition) is 1. The zero-order valence-corrected chi connectivity index (χ0v) is 13.8. The summed E-state index contributed by atoms with van der Waals surface area (Å²) in [6, 6.07) is 9.14. The second-order valence-corrected chi connectivity index (χ2v) is 5.99. The molecule has 20 heavy (non-hydrogen) atoms. The minimum Gasteiger partial charge on any atom is -0.313 e. The van der Waals surface area contributed by atoms with Crippen molar-refractivity contribution in [3.8, 4) is 11.1 Å². The van der Waals surface area contributed by atoms with Crippen LogP contribution in [-0.2, 0) is 6.54 Å². The molecule has 0 amide bonds. The summed E-state index contributed by atoms with van der Waals surface area (Å²) in [4.78, 5) is 0. The molecule has 2 aromatic carbocycles. The van der Waals surface area contributed by atoms with Crippen molar-refractivity contribution in [3.63, 3.8) is 0 Å². The van der Waals surface area contributed by atoms with Gasteiger partial charge in [-0.15, -0.1) is 0 Å². The lowest BCUT2D eigenvalue weighted by Gasteiger charge is -2.11. The molecular formula is C15H13Cl4N. The molecule has 0 aliphatic carbocycles. The van der Waals surface area contributed by atoms with Crippen LogP contribution in [0.3, 0.4) is 0 Å². The van der Waals surface area contributed by atoms with Crippen molar-refractivity contribution in [2.75, 3.05) is 6.54 Å². The summed E-state index contributed by atoms with van der Waals surface area (Å²) in [5, 5.41) is 5.46. The van der Waals surface area contributed by atoms with E-state index in [-0.39, 0.29) is 0 Å². The van der Waals surface area contributed by atoms with E-state index in [1.165, 1.54) is 0 Å². The highest BCUT2D eigenvalue weighted by Gasteiger charge is 2.12. The maximum atomic E-state index is 6.30. The maximum Gasteiger partial charge on any atom is 0.0514 e. The molecule has 0 heterocycles. The molecule has 5 heteroatoms. The molecule has 0 saturated heterocycles. The number of halogens is 4. The third-order valence-electron chi connectivity index (χ3n) is 2.91. The van der Waals surface area contributed by atoms with Gasteiger partial charge in [-0.1, -0.05) is 65.5 Å². The smallest absolute Gasteiger partial charge is 0.0514 e. The van der Waals surface area contributed by atoms with Crippen LogP contribution in [-0.4, -0.2) is 6.54 Å². The highest BCUT2D eigenvalue weighted by atomic mass is 35.5. The quantitative estimate of drug-likeness (QED) is 0.706. The van der Waals surface area contributed by atoms with Crippen LogP contribution in [0, 0.1) is 0 Å². The predicted octanol–water partition coefficient (Wildman–Crippen LogP) is 6.08. The lowest BCUT2D eigenvalue weighted by atomic mass is 10.0. The predicted molar refractivity (Wildman–Crippen MR) is 89.3 cm³/mol. The molecule has 0 radical (unpaired) electrons. The first-order valence-electron chi connectivity index (χ1n) is 6.17. The van der Waals surface area contributed by atoms with Gasteiger partial charge in [0.1, 0.15) is 0 Å². The lowest BCUT2D eigenvalue weighted by molar-refractivity contribution is 0.727. The molecule has 0 saturated carbocycles. The average molecular weight is 349 g/mol. The molecule has 1 N–H and O–H groups in total. The van der Waals surface area contributed by atoms with Crippen LogP contribution in [0.5, 0.6) is 0 Å². The van der Waals surface area contributed by atoms with Crippen molar-refractivity contribution in [2.45, 2.75) is 13.5 Å². The molecule has 1 nitrogen and oxygen atoms in total. The largest absolute Gasteiger partial charge is 0.313 e. The van der Waals surface area contributed by atoms with Gasteiger partial charge < -0.3 is 5.32 Å². The third-order valence-corrected chi connectivity index (χ3v) is 4.08. The van der Waals surface area contributed by atoms with Crippen LogP contribution in [0.15, 0.2) is 30.3 Å². The fourth-order valence-electron chi connectivity index (χ4n) is 1.92. The van der Waals surface area contributed by atoms with Gasteiger partial charge in [0, 0.05) is 22.2 Å². The molecule has 0 atom stereocenters. The molecule has 0 bridgehead atoms. The van der Waals surface area contributed by atoms with Gasteiger partial charge in [0.15, 0.2) is 0 Å². The zero-order chi connectivity index (χ0) is 14.7. The lowest BCUT2D eigenvalue weighted by Crippen LogP contribution is -2.11. The van der Waals surface area contributed by atoms with Crippen molar-refractivity contribution < 1.29 is 0 Å². The normalized spacial score (nSPS) is 10.8. The Balaban J connectivity index is 2.42. The van der Waals surface area contributed by atoms with Crippen LogP contribution in [0.4, 0.5) is 0 Å². The van der Waals surface area contributed by atoms with E-state index in [9.17, 15) is 0 Å². The second kappa shape index (κ2) is 7.02. The first-order chi connectivity index (χ1) is 9.52. The fraction of sp³-hybridized carbons (Fsp3) is 0.200. The van der Waals surface area contributed by atoms with Crippen LogP contribution in [0.2, 0.25) is 20.1 Å². The van der Waals surface area contributed by atoms with E-state index in [1.807, 2.05) is 18.2 Å². The molecule has 0 fully saturated rings. The van der Waals surface area contributed by atoms with Crippen LogP contribution < -0.4 is 5.32 Å². The standard InChI is InChI=1S/C15H13Cl4N/c1-2-20-8-10-4-3-9(5-12(10)17)15-13(18)6-11(16)7-14(15)19/h3-7,20H,2,8H2,1H3. The van der Waals surface area contributed by atoms with Crippen molar-refractivity contribution in [1.82, 2.24) is 5.32 Å². The highest BCUT2D eigenvalue weighted by molar-refractivity contribution is 6.42. The van der Waals surface area contributed by atoms with E-state index < -0.39 is 0 Å². The highest BCUT2D eigenvalue weighted by Crippen LogP contribution is 2.38. The van der Waals surface area contributed by atoms with Crippen molar-refractivity contribution in [1.29, 1.82) is 0 Å². The molecule has 0 aliphatic heterocycles. The van der Waals surface area contributed by atoms with Gasteiger partial charge >= 0.3 is 0 Å². The van der Waals surface area contributed by atoms with Crippen LogP contribution in [0.1, 0.15) is 12.5 Å². The first-order valence-corrected chi connectivity index (χ1v) is 7.68. The van der Waals surface area contributed by atoms with E-state index in [0.29, 0.717) is 20.1 Å². The molecule has 0 aliphatic rings. The maximum absolute atomic E-state index is 6.30. The molecule has 0 unspecified atom stereocenters. The van der Waals surface area contributed by atoms with E-state index in [2.05, 4.69) is 12.2 Å². The molecule has 0 spiro atoms. The first kappa shape index (κ1) is 15.9. The Morgan fingerprint density at radius 1 is 0.900 bits per heavy atom. The van der Waals surface area contributed by atoms with E-state index in [0.717, 1.165) is 29.8 Å². The Kier molecular flexibility index (Phi) is 5.59. The topological polar surface area (TPSA) is 12.0 Å². The minimum absolute atomic E-state index is 0.512. The Morgan fingerprint density at radius 2 is 1.55 bits per heavy atom.